The van der Waals surface area contributed by atoms with E-state index in [-0.39, 0.29) is 24.0 Å². The third-order valence-electron chi connectivity index (χ3n) is 6.92. The van der Waals surface area contributed by atoms with E-state index in [1.165, 1.54) is 10.6 Å². The second-order valence-corrected chi connectivity index (χ2v) is 11.1. The van der Waals surface area contributed by atoms with E-state index >= 15 is 0 Å². The molecule has 8 nitrogen and oxygen atoms in total. The van der Waals surface area contributed by atoms with Gasteiger partial charge in [0, 0.05) is 13.0 Å². The molecule has 1 aliphatic carbocycles. The van der Waals surface area contributed by atoms with Crippen LogP contribution in [-0.2, 0) is 27.2 Å². The fourth-order valence-electron chi connectivity index (χ4n) is 4.88. The first-order chi connectivity index (χ1) is 17.9. The Hall–Kier alpha value is -3.55. The number of nitrogens with zero attached hydrogens (tertiary/aromatic N) is 1. The zero-order valence-electron chi connectivity index (χ0n) is 23.2. The van der Waals surface area contributed by atoms with Crippen molar-refractivity contribution in [1.82, 2.24) is 15.8 Å². The Labute approximate surface area is 225 Å². The number of carbonyl (C=O) groups excluding carboxylic acids is 3. The van der Waals surface area contributed by atoms with Crippen LogP contribution in [0.15, 0.2) is 42.5 Å². The third kappa shape index (κ3) is 7.49. The van der Waals surface area contributed by atoms with Crippen molar-refractivity contribution in [2.45, 2.75) is 90.7 Å². The summed E-state index contributed by atoms with van der Waals surface area (Å²) in [5, 5.41) is 14.1. The Morgan fingerprint density at radius 3 is 2.21 bits per heavy atom. The highest BCUT2D eigenvalue weighted by atomic mass is 16.6. The summed E-state index contributed by atoms with van der Waals surface area (Å²) >= 11 is 0. The molecule has 0 aromatic heterocycles. The SMILES string of the molecule is Cc1cc(O)cc(C)c1CCC(=O)N(NC(=O)OC(C)(C)C)C1(C(=O)NCCCc2ccccc2)CCC1. The number of carbonyl (C=O) groups is 3. The van der Waals surface area contributed by atoms with E-state index in [1.807, 2.05) is 32.0 Å². The van der Waals surface area contributed by atoms with Crippen LogP contribution in [0.2, 0.25) is 0 Å². The van der Waals surface area contributed by atoms with E-state index in [4.69, 9.17) is 4.74 Å². The van der Waals surface area contributed by atoms with Gasteiger partial charge < -0.3 is 15.2 Å². The maximum absolute atomic E-state index is 13.6. The Bertz CT molecular complexity index is 1110. The van der Waals surface area contributed by atoms with Crippen molar-refractivity contribution in [3.05, 3.63) is 64.7 Å². The van der Waals surface area contributed by atoms with E-state index in [9.17, 15) is 19.5 Å². The average molecular weight is 524 g/mol. The van der Waals surface area contributed by atoms with Crippen molar-refractivity contribution in [3.8, 4) is 5.75 Å². The van der Waals surface area contributed by atoms with Crippen molar-refractivity contribution in [2.75, 3.05) is 6.54 Å². The minimum Gasteiger partial charge on any atom is -0.508 e. The fourth-order valence-corrected chi connectivity index (χ4v) is 4.88. The number of phenols is 1. The fraction of sp³-hybridized carbons (Fsp3) is 0.500. The molecule has 0 aliphatic heterocycles. The standard InChI is InChI=1S/C30H41N3O5/c1-21-19-24(34)20-22(2)25(21)14-15-26(35)33(32-28(37)38-29(3,4)5)30(16-10-17-30)27(36)31-18-9-13-23-11-7-6-8-12-23/h6-8,11-12,19-20,34H,9-10,13-18H2,1-5H3,(H,31,36)(H,32,37). The zero-order chi connectivity index (χ0) is 27.9. The molecule has 38 heavy (non-hydrogen) atoms. The summed E-state index contributed by atoms with van der Waals surface area (Å²) in [6, 6.07) is 13.4. The van der Waals surface area contributed by atoms with E-state index < -0.39 is 17.2 Å². The van der Waals surface area contributed by atoms with Crippen LogP contribution in [0.4, 0.5) is 4.79 Å². The summed E-state index contributed by atoms with van der Waals surface area (Å²) in [7, 11) is 0. The van der Waals surface area contributed by atoms with Crippen molar-refractivity contribution in [1.29, 1.82) is 0 Å². The summed E-state index contributed by atoms with van der Waals surface area (Å²) in [6.07, 6.45) is 3.01. The lowest BCUT2D eigenvalue weighted by molar-refractivity contribution is -0.159. The summed E-state index contributed by atoms with van der Waals surface area (Å²) in [6.45, 7) is 9.48. The molecule has 0 heterocycles. The molecule has 0 atom stereocenters. The minimum absolute atomic E-state index is 0.0886. The van der Waals surface area contributed by atoms with E-state index in [1.54, 1.807) is 32.9 Å². The lowest BCUT2D eigenvalue weighted by Crippen LogP contribution is -2.69. The van der Waals surface area contributed by atoms with Crippen LogP contribution in [0.3, 0.4) is 0 Å². The number of aromatic hydroxyl groups is 1. The first-order valence-corrected chi connectivity index (χ1v) is 13.4. The van der Waals surface area contributed by atoms with Crippen LogP contribution in [0.25, 0.3) is 0 Å². The van der Waals surface area contributed by atoms with Gasteiger partial charge >= 0.3 is 6.09 Å². The Morgan fingerprint density at radius 1 is 1.03 bits per heavy atom. The molecule has 0 saturated heterocycles. The molecule has 1 aliphatic rings. The molecule has 2 aromatic rings. The number of hydrazine groups is 1. The van der Waals surface area contributed by atoms with Gasteiger partial charge in [-0.25, -0.2) is 15.2 Å². The number of phenolic OH excluding ortho intramolecular Hbond substituents is 1. The van der Waals surface area contributed by atoms with Crippen molar-refractivity contribution < 1.29 is 24.2 Å². The predicted octanol–water partition coefficient (Wildman–Crippen LogP) is 4.88. The lowest BCUT2D eigenvalue weighted by Gasteiger charge is -2.48. The Kier molecular flexibility index (Phi) is 9.41. The molecule has 3 rings (SSSR count). The number of aryl methyl sites for hydroxylation is 3. The van der Waals surface area contributed by atoms with Gasteiger partial charge in [0.25, 0.3) is 0 Å². The summed E-state index contributed by atoms with van der Waals surface area (Å²) in [5.41, 5.74) is 4.63. The van der Waals surface area contributed by atoms with Crippen LogP contribution >= 0.6 is 0 Å². The molecular weight excluding hydrogens is 482 g/mol. The number of hydrogen-bond acceptors (Lipinski definition) is 5. The first-order valence-electron chi connectivity index (χ1n) is 13.4. The van der Waals surface area contributed by atoms with E-state index in [0.717, 1.165) is 36.0 Å². The zero-order valence-corrected chi connectivity index (χ0v) is 23.2. The van der Waals surface area contributed by atoms with Gasteiger partial charge in [0.1, 0.15) is 16.9 Å². The van der Waals surface area contributed by atoms with Crippen LogP contribution in [0, 0.1) is 13.8 Å². The minimum atomic E-state index is -1.15. The van der Waals surface area contributed by atoms with E-state index in [2.05, 4.69) is 22.9 Å². The number of amides is 3. The molecule has 3 N–H and O–H groups in total. The van der Waals surface area contributed by atoms with Crippen molar-refractivity contribution in [2.24, 2.45) is 0 Å². The number of ether oxygens (including phenoxy) is 1. The molecule has 8 heteroatoms. The lowest BCUT2D eigenvalue weighted by atomic mass is 9.75. The van der Waals surface area contributed by atoms with Crippen LogP contribution in [0.1, 0.15) is 75.1 Å². The highest BCUT2D eigenvalue weighted by Crippen LogP contribution is 2.38. The molecular formula is C30H41N3O5. The number of nitrogens with one attached hydrogen (secondary N) is 2. The van der Waals surface area contributed by atoms with E-state index in [0.29, 0.717) is 25.8 Å². The summed E-state index contributed by atoms with van der Waals surface area (Å²) < 4.78 is 5.42. The van der Waals surface area contributed by atoms with Gasteiger partial charge in [0.2, 0.25) is 11.8 Å². The predicted molar refractivity (Wildman–Crippen MR) is 146 cm³/mol. The normalized spacial score (nSPS) is 14.2. The monoisotopic (exact) mass is 523 g/mol. The maximum atomic E-state index is 13.6. The highest BCUT2D eigenvalue weighted by molar-refractivity contribution is 5.93. The summed E-state index contributed by atoms with van der Waals surface area (Å²) in [5.74, 6) is -0.444. The van der Waals surface area contributed by atoms with Gasteiger partial charge in [-0.2, -0.15) is 0 Å². The Balaban J connectivity index is 1.73. The molecule has 0 spiro atoms. The van der Waals surface area contributed by atoms with Gasteiger partial charge in [-0.1, -0.05) is 30.3 Å². The highest BCUT2D eigenvalue weighted by Gasteiger charge is 2.52. The van der Waals surface area contributed by atoms with Gasteiger partial charge in [-0.05, 0) is 108 Å². The molecule has 2 aromatic carbocycles. The van der Waals surface area contributed by atoms with Crippen molar-refractivity contribution in [3.63, 3.8) is 0 Å². The van der Waals surface area contributed by atoms with Crippen LogP contribution < -0.4 is 10.7 Å². The topological polar surface area (TPSA) is 108 Å². The number of benzene rings is 2. The Morgan fingerprint density at radius 2 is 1.66 bits per heavy atom. The quantitative estimate of drug-likeness (QED) is 0.321. The van der Waals surface area contributed by atoms with Gasteiger partial charge in [0.05, 0.1) is 0 Å². The van der Waals surface area contributed by atoms with Crippen molar-refractivity contribution >= 4 is 17.9 Å². The van der Waals surface area contributed by atoms with Gasteiger partial charge in [-0.3, -0.25) is 9.59 Å². The average Bonchev–Trinajstić information content (AvgIpc) is 2.79. The smallest absolute Gasteiger partial charge is 0.426 e. The molecule has 3 amide bonds. The number of hydrogen-bond donors (Lipinski definition) is 3. The van der Waals surface area contributed by atoms with Crippen LogP contribution in [0.5, 0.6) is 5.75 Å². The molecule has 1 saturated carbocycles. The molecule has 0 radical (unpaired) electrons. The maximum Gasteiger partial charge on any atom is 0.426 e. The van der Waals surface area contributed by atoms with Gasteiger partial charge in [0.15, 0.2) is 0 Å². The second kappa shape index (κ2) is 12.3. The van der Waals surface area contributed by atoms with Gasteiger partial charge in [-0.15, -0.1) is 0 Å². The number of rotatable bonds is 9. The molecule has 0 bridgehead atoms. The third-order valence-corrected chi connectivity index (χ3v) is 6.92. The summed E-state index contributed by atoms with van der Waals surface area (Å²) in [4.78, 5) is 39.8. The van der Waals surface area contributed by atoms with Crippen LogP contribution in [-0.4, -0.2) is 45.7 Å². The largest absolute Gasteiger partial charge is 0.508 e. The first kappa shape index (κ1) is 29.0. The molecule has 1 fully saturated rings. The second-order valence-electron chi connectivity index (χ2n) is 11.1. The molecule has 0 unspecified atom stereocenters. The molecule has 206 valence electrons.